The number of anilines is 1. The summed E-state index contributed by atoms with van der Waals surface area (Å²) in [6.07, 6.45) is 0. The van der Waals surface area contributed by atoms with Crippen LogP contribution in [-0.2, 0) is 17.4 Å². The SMILES string of the molecule is CC(C)(C)c1cc(NCc2ccccc2O)c(O)c(C(C)(C)C)c1. The molecule has 2 aromatic rings. The summed E-state index contributed by atoms with van der Waals surface area (Å²) >= 11 is 0. The Morgan fingerprint density at radius 3 is 2.04 bits per heavy atom. The van der Waals surface area contributed by atoms with Crippen molar-refractivity contribution in [3.63, 3.8) is 0 Å². The van der Waals surface area contributed by atoms with Crippen molar-refractivity contribution < 1.29 is 10.2 Å². The molecule has 0 saturated carbocycles. The maximum absolute atomic E-state index is 10.7. The van der Waals surface area contributed by atoms with E-state index >= 15 is 0 Å². The van der Waals surface area contributed by atoms with Crippen molar-refractivity contribution in [3.05, 3.63) is 53.1 Å². The molecule has 3 heteroatoms. The monoisotopic (exact) mass is 327 g/mol. The van der Waals surface area contributed by atoms with E-state index in [0.717, 1.165) is 11.1 Å². The lowest BCUT2D eigenvalue weighted by molar-refractivity contribution is 0.446. The smallest absolute Gasteiger partial charge is 0.142 e. The van der Waals surface area contributed by atoms with Crippen LogP contribution in [0.1, 0.15) is 58.2 Å². The molecule has 0 spiro atoms. The Morgan fingerprint density at radius 2 is 1.50 bits per heavy atom. The van der Waals surface area contributed by atoms with Crippen molar-refractivity contribution >= 4 is 5.69 Å². The van der Waals surface area contributed by atoms with Gasteiger partial charge in [-0.25, -0.2) is 0 Å². The second-order valence-electron chi connectivity index (χ2n) is 8.40. The predicted octanol–water partition coefficient (Wildman–Crippen LogP) is 5.30. The molecule has 0 aromatic heterocycles. The Balaban J connectivity index is 2.43. The number of hydrogen-bond acceptors (Lipinski definition) is 3. The number of aromatic hydroxyl groups is 2. The summed E-state index contributed by atoms with van der Waals surface area (Å²) in [5, 5.41) is 23.9. The van der Waals surface area contributed by atoms with E-state index < -0.39 is 0 Å². The predicted molar refractivity (Wildman–Crippen MR) is 101 cm³/mol. The maximum atomic E-state index is 10.7. The van der Waals surface area contributed by atoms with E-state index in [1.807, 2.05) is 18.2 Å². The summed E-state index contributed by atoms with van der Waals surface area (Å²) < 4.78 is 0. The Labute approximate surface area is 145 Å². The topological polar surface area (TPSA) is 52.5 Å². The van der Waals surface area contributed by atoms with Crippen molar-refractivity contribution in [2.75, 3.05) is 5.32 Å². The van der Waals surface area contributed by atoms with Crippen LogP contribution in [0.5, 0.6) is 11.5 Å². The average Bonchev–Trinajstić information content (AvgIpc) is 2.45. The first-order chi connectivity index (χ1) is 11.0. The standard InChI is InChI=1S/C21H29NO2/c1-20(2,3)15-11-16(21(4,5)6)19(24)17(12-15)22-13-14-9-7-8-10-18(14)23/h7-12,22-24H,13H2,1-6H3. The van der Waals surface area contributed by atoms with Crippen LogP contribution in [0.25, 0.3) is 0 Å². The molecule has 0 aliphatic carbocycles. The zero-order valence-electron chi connectivity index (χ0n) is 15.6. The fourth-order valence-corrected chi connectivity index (χ4v) is 2.62. The Morgan fingerprint density at radius 1 is 0.875 bits per heavy atom. The number of phenolic OH excluding ortho intramolecular Hbond substituents is 2. The number of para-hydroxylation sites is 1. The molecule has 3 nitrogen and oxygen atoms in total. The molecule has 0 bridgehead atoms. The minimum absolute atomic E-state index is 0.0149. The van der Waals surface area contributed by atoms with Crippen molar-refractivity contribution in [3.8, 4) is 11.5 Å². The van der Waals surface area contributed by atoms with Crippen LogP contribution < -0.4 is 5.32 Å². The summed E-state index contributed by atoms with van der Waals surface area (Å²) in [6, 6.07) is 11.3. The fraction of sp³-hybridized carbons (Fsp3) is 0.429. The zero-order chi connectivity index (χ0) is 18.1. The zero-order valence-corrected chi connectivity index (χ0v) is 15.6. The molecule has 0 radical (unpaired) electrons. The molecular weight excluding hydrogens is 298 g/mol. The molecule has 0 unspecified atom stereocenters. The van der Waals surface area contributed by atoms with E-state index in [-0.39, 0.29) is 22.3 Å². The summed E-state index contributed by atoms with van der Waals surface area (Å²) in [5.74, 6) is 0.540. The summed E-state index contributed by atoms with van der Waals surface area (Å²) in [7, 11) is 0. The first kappa shape index (κ1) is 18.2. The van der Waals surface area contributed by atoms with E-state index in [0.29, 0.717) is 12.2 Å². The molecule has 0 atom stereocenters. The molecule has 0 fully saturated rings. The minimum Gasteiger partial charge on any atom is -0.508 e. The largest absolute Gasteiger partial charge is 0.508 e. The van der Waals surface area contributed by atoms with E-state index in [2.05, 4.69) is 52.9 Å². The molecule has 0 heterocycles. The lowest BCUT2D eigenvalue weighted by Gasteiger charge is -2.27. The summed E-state index contributed by atoms with van der Waals surface area (Å²) in [6.45, 7) is 13.2. The first-order valence-electron chi connectivity index (χ1n) is 8.39. The molecule has 0 aliphatic rings. The van der Waals surface area contributed by atoms with Gasteiger partial charge in [0.1, 0.15) is 11.5 Å². The molecule has 2 aromatic carbocycles. The van der Waals surface area contributed by atoms with Gasteiger partial charge in [0.25, 0.3) is 0 Å². The van der Waals surface area contributed by atoms with Gasteiger partial charge in [-0.2, -0.15) is 0 Å². The van der Waals surface area contributed by atoms with Gasteiger partial charge in [-0.1, -0.05) is 65.8 Å². The summed E-state index contributed by atoms with van der Waals surface area (Å²) in [5.41, 5.74) is 3.43. The number of benzene rings is 2. The van der Waals surface area contributed by atoms with Gasteiger partial charge >= 0.3 is 0 Å². The quantitative estimate of drug-likeness (QED) is 0.670. The second kappa shape index (κ2) is 6.39. The van der Waals surface area contributed by atoms with Gasteiger partial charge in [-0.15, -0.1) is 0 Å². The third kappa shape index (κ3) is 4.02. The van der Waals surface area contributed by atoms with Crippen LogP contribution in [0.4, 0.5) is 5.69 Å². The van der Waals surface area contributed by atoms with E-state index in [4.69, 9.17) is 0 Å². The molecular formula is C21H29NO2. The number of hydrogen-bond donors (Lipinski definition) is 3. The third-order valence-corrected chi connectivity index (χ3v) is 4.24. The van der Waals surface area contributed by atoms with Crippen LogP contribution >= 0.6 is 0 Å². The van der Waals surface area contributed by atoms with Gasteiger partial charge in [-0.3, -0.25) is 0 Å². The van der Waals surface area contributed by atoms with Gasteiger partial charge in [0.2, 0.25) is 0 Å². The van der Waals surface area contributed by atoms with Gasteiger partial charge in [0.15, 0.2) is 0 Å². The lowest BCUT2D eigenvalue weighted by Crippen LogP contribution is -2.17. The van der Waals surface area contributed by atoms with Crippen LogP contribution in [0.3, 0.4) is 0 Å². The highest BCUT2D eigenvalue weighted by molar-refractivity contribution is 5.64. The number of phenols is 2. The van der Waals surface area contributed by atoms with Crippen molar-refractivity contribution in [2.45, 2.75) is 58.9 Å². The summed E-state index contributed by atoms with van der Waals surface area (Å²) in [4.78, 5) is 0. The molecule has 3 N–H and O–H groups in total. The highest BCUT2D eigenvalue weighted by atomic mass is 16.3. The average molecular weight is 327 g/mol. The minimum atomic E-state index is -0.156. The van der Waals surface area contributed by atoms with Gasteiger partial charge < -0.3 is 15.5 Å². The van der Waals surface area contributed by atoms with Crippen molar-refractivity contribution in [2.24, 2.45) is 0 Å². The van der Waals surface area contributed by atoms with Crippen LogP contribution in [0, 0.1) is 0 Å². The molecule has 130 valence electrons. The Kier molecular flexibility index (Phi) is 4.84. The molecule has 2 rings (SSSR count). The molecule has 0 aliphatic heterocycles. The number of rotatable bonds is 3. The highest BCUT2D eigenvalue weighted by Crippen LogP contribution is 2.40. The first-order valence-corrected chi connectivity index (χ1v) is 8.39. The second-order valence-corrected chi connectivity index (χ2v) is 8.40. The van der Waals surface area contributed by atoms with Crippen LogP contribution in [0.2, 0.25) is 0 Å². The molecule has 0 saturated heterocycles. The van der Waals surface area contributed by atoms with Crippen LogP contribution in [-0.4, -0.2) is 10.2 Å². The van der Waals surface area contributed by atoms with E-state index in [9.17, 15) is 10.2 Å². The maximum Gasteiger partial charge on any atom is 0.142 e. The normalized spacial score (nSPS) is 12.2. The van der Waals surface area contributed by atoms with Crippen molar-refractivity contribution in [1.29, 1.82) is 0 Å². The number of nitrogens with one attached hydrogen (secondary N) is 1. The Hall–Kier alpha value is -2.16. The van der Waals surface area contributed by atoms with Gasteiger partial charge in [-0.05, 0) is 28.5 Å². The lowest BCUT2D eigenvalue weighted by atomic mass is 9.79. The highest BCUT2D eigenvalue weighted by Gasteiger charge is 2.25. The van der Waals surface area contributed by atoms with E-state index in [1.165, 1.54) is 5.56 Å². The molecule has 24 heavy (non-hydrogen) atoms. The van der Waals surface area contributed by atoms with Crippen LogP contribution in [0.15, 0.2) is 36.4 Å². The van der Waals surface area contributed by atoms with Gasteiger partial charge in [0, 0.05) is 17.7 Å². The van der Waals surface area contributed by atoms with Gasteiger partial charge in [0.05, 0.1) is 5.69 Å². The molecule has 0 amide bonds. The third-order valence-electron chi connectivity index (χ3n) is 4.24. The van der Waals surface area contributed by atoms with Crippen molar-refractivity contribution in [1.82, 2.24) is 0 Å². The fourth-order valence-electron chi connectivity index (χ4n) is 2.62. The Bertz CT molecular complexity index is 722. The van der Waals surface area contributed by atoms with E-state index in [1.54, 1.807) is 12.1 Å².